The first-order chi connectivity index (χ1) is 15.0. The smallest absolute Gasteiger partial charge is 0.254 e. The second-order valence-corrected chi connectivity index (χ2v) is 10.3. The molecule has 0 saturated carbocycles. The summed E-state index contributed by atoms with van der Waals surface area (Å²) in [6, 6.07) is 14.8. The number of para-hydroxylation sites is 2. The highest BCUT2D eigenvalue weighted by molar-refractivity contribution is 7.92. The van der Waals surface area contributed by atoms with Gasteiger partial charge in [0.25, 0.3) is 5.91 Å². The summed E-state index contributed by atoms with van der Waals surface area (Å²) in [6.07, 6.45) is 4.36. The van der Waals surface area contributed by atoms with Gasteiger partial charge < -0.3 is 9.88 Å². The molecule has 2 saturated heterocycles. The molecule has 8 heteroatoms. The van der Waals surface area contributed by atoms with Gasteiger partial charge in [0.1, 0.15) is 5.82 Å². The molecule has 1 unspecified atom stereocenters. The number of imidazole rings is 1. The summed E-state index contributed by atoms with van der Waals surface area (Å²) >= 11 is 0. The third-order valence-corrected chi connectivity index (χ3v) is 8.09. The highest BCUT2D eigenvalue weighted by Crippen LogP contribution is 2.32. The first kappa shape index (κ1) is 20.1. The van der Waals surface area contributed by atoms with Gasteiger partial charge in [-0.25, -0.2) is 13.4 Å². The van der Waals surface area contributed by atoms with Crippen molar-refractivity contribution in [2.24, 2.45) is 0 Å². The number of rotatable bonds is 3. The third kappa shape index (κ3) is 3.80. The van der Waals surface area contributed by atoms with Crippen LogP contribution in [0, 0.1) is 0 Å². The number of aromatic amines is 1. The Morgan fingerprint density at radius 3 is 2.68 bits per heavy atom. The van der Waals surface area contributed by atoms with E-state index in [9.17, 15) is 13.2 Å². The van der Waals surface area contributed by atoms with Crippen LogP contribution in [0.25, 0.3) is 11.0 Å². The van der Waals surface area contributed by atoms with Crippen LogP contribution in [-0.2, 0) is 10.0 Å². The summed E-state index contributed by atoms with van der Waals surface area (Å²) < 4.78 is 26.5. The van der Waals surface area contributed by atoms with E-state index in [-0.39, 0.29) is 17.7 Å². The van der Waals surface area contributed by atoms with Crippen LogP contribution in [-0.4, -0.2) is 48.0 Å². The minimum Gasteiger partial charge on any atom is -0.340 e. The number of carbonyl (C=O) groups excluding carboxylic acids is 1. The normalized spacial score (nSPS) is 21.4. The number of H-pyrrole nitrogens is 1. The van der Waals surface area contributed by atoms with E-state index in [0.717, 1.165) is 42.5 Å². The fourth-order valence-corrected chi connectivity index (χ4v) is 6.26. The lowest BCUT2D eigenvalue weighted by molar-refractivity contribution is 0.0601. The Bertz CT molecular complexity index is 1190. The predicted octanol–water partition coefficient (Wildman–Crippen LogP) is 3.86. The number of nitrogens with zero attached hydrogens (tertiary/aromatic N) is 3. The fraction of sp³-hybridized carbons (Fsp3) is 0.391. The van der Waals surface area contributed by atoms with Crippen molar-refractivity contribution in [1.29, 1.82) is 0 Å². The number of fused-ring (bicyclic) bond motifs is 1. The summed E-state index contributed by atoms with van der Waals surface area (Å²) in [5.74, 6) is 0.885. The van der Waals surface area contributed by atoms with E-state index < -0.39 is 10.0 Å². The molecule has 2 aliphatic rings. The Morgan fingerprint density at radius 1 is 1.00 bits per heavy atom. The van der Waals surface area contributed by atoms with E-state index in [4.69, 9.17) is 4.98 Å². The molecule has 31 heavy (non-hydrogen) atoms. The van der Waals surface area contributed by atoms with Crippen molar-refractivity contribution < 1.29 is 13.2 Å². The highest BCUT2D eigenvalue weighted by atomic mass is 32.2. The second kappa shape index (κ2) is 8.00. The van der Waals surface area contributed by atoms with Gasteiger partial charge in [0.2, 0.25) is 10.0 Å². The van der Waals surface area contributed by atoms with Crippen LogP contribution in [0.15, 0.2) is 48.5 Å². The molecular weight excluding hydrogens is 412 g/mol. The zero-order chi connectivity index (χ0) is 21.4. The molecule has 1 aromatic heterocycles. The monoisotopic (exact) mass is 438 g/mol. The molecule has 2 fully saturated rings. The number of carbonyl (C=O) groups is 1. The molecule has 2 aliphatic heterocycles. The first-order valence-corrected chi connectivity index (χ1v) is 12.5. The van der Waals surface area contributed by atoms with Crippen LogP contribution in [0.1, 0.15) is 54.3 Å². The van der Waals surface area contributed by atoms with Gasteiger partial charge >= 0.3 is 0 Å². The molecule has 3 heterocycles. The van der Waals surface area contributed by atoms with E-state index in [1.165, 1.54) is 4.31 Å². The lowest BCUT2D eigenvalue weighted by Gasteiger charge is -2.35. The van der Waals surface area contributed by atoms with E-state index in [0.29, 0.717) is 30.8 Å². The number of benzene rings is 2. The van der Waals surface area contributed by atoms with Crippen molar-refractivity contribution in [3.8, 4) is 0 Å². The number of amides is 1. The highest BCUT2D eigenvalue weighted by Gasteiger charge is 2.32. The molecule has 5 rings (SSSR count). The van der Waals surface area contributed by atoms with E-state index >= 15 is 0 Å². The Hall–Kier alpha value is -2.87. The number of piperidine rings is 1. The zero-order valence-electron chi connectivity index (χ0n) is 17.3. The number of aromatic nitrogens is 2. The number of anilines is 1. The molecule has 0 bridgehead atoms. The molecular formula is C23H26N4O3S. The van der Waals surface area contributed by atoms with Crippen molar-refractivity contribution >= 4 is 32.7 Å². The number of hydrogen-bond acceptors (Lipinski definition) is 4. The van der Waals surface area contributed by atoms with Crippen molar-refractivity contribution in [3.63, 3.8) is 0 Å². The predicted molar refractivity (Wildman–Crippen MR) is 121 cm³/mol. The van der Waals surface area contributed by atoms with Crippen molar-refractivity contribution in [1.82, 2.24) is 14.9 Å². The lowest BCUT2D eigenvalue weighted by atomic mass is 10.00. The molecule has 0 aliphatic carbocycles. The molecule has 1 atom stereocenters. The van der Waals surface area contributed by atoms with Gasteiger partial charge in [-0.15, -0.1) is 0 Å². The fourth-order valence-electron chi connectivity index (χ4n) is 4.63. The minimum atomic E-state index is -3.32. The van der Waals surface area contributed by atoms with Crippen LogP contribution in [0.5, 0.6) is 0 Å². The summed E-state index contributed by atoms with van der Waals surface area (Å²) in [5.41, 5.74) is 2.95. The second-order valence-electron chi connectivity index (χ2n) is 8.29. The number of sulfonamides is 1. The van der Waals surface area contributed by atoms with Crippen molar-refractivity contribution in [2.45, 2.75) is 38.1 Å². The van der Waals surface area contributed by atoms with Crippen molar-refractivity contribution in [2.75, 3.05) is 23.1 Å². The van der Waals surface area contributed by atoms with Gasteiger partial charge in [-0.3, -0.25) is 9.10 Å². The van der Waals surface area contributed by atoms with Gasteiger partial charge in [0.05, 0.1) is 28.5 Å². The molecule has 3 aromatic rings. The maximum Gasteiger partial charge on any atom is 0.254 e. The summed E-state index contributed by atoms with van der Waals surface area (Å²) in [5, 5.41) is 0. The summed E-state index contributed by atoms with van der Waals surface area (Å²) in [4.78, 5) is 23.5. The van der Waals surface area contributed by atoms with Crippen LogP contribution < -0.4 is 4.31 Å². The maximum absolute atomic E-state index is 13.5. The minimum absolute atomic E-state index is 0.0820. The van der Waals surface area contributed by atoms with Crippen LogP contribution in [0.4, 0.5) is 5.69 Å². The third-order valence-electron chi connectivity index (χ3n) is 6.22. The van der Waals surface area contributed by atoms with Crippen molar-refractivity contribution in [3.05, 3.63) is 59.9 Å². The molecule has 2 aromatic carbocycles. The summed E-state index contributed by atoms with van der Waals surface area (Å²) in [7, 11) is -3.32. The molecule has 0 radical (unpaired) electrons. The largest absolute Gasteiger partial charge is 0.340 e. The topological polar surface area (TPSA) is 86.4 Å². The van der Waals surface area contributed by atoms with Gasteiger partial charge in [0.15, 0.2) is 0 Å². The zero-order valence-corrected chi connectivity index (χ0v) is 18.1. The SMILES string of the molecule is O=C(c1cccc(N2CCCCS2(=O)=O)c1)N1CCCCC1c1nc2ccccc2[nH]1. The van der Waals surface area contributed by atoms with E-state index in [1.807, 2.05) is 29.2 Å². The quantitative estimate of drug-likeness (QED) is 0.673. The van der Waals surface area contributed by atoms with Gasteiger partial charge in [0, 0.05) is 18.7 Å². The first-order valence-electron chi connectivity index (χ1n) is 10.9. The lowest BCUT2D eigenvalue weighted by Crippen LogP contribution is -2.40. The number of hydrogen-bond donors (Lipinski definition) is 1. The molecule has 1 amide bonds. The Labute approximate surface area is 182 Å². The van der Waals surface area contributed by atoms with Crippen LogP contribution in [0.2, 0.25) is 0 Å². The number of nitrogens with one attached hydrogen (secondary N) is 1. The summed E-state index contributed by atoms with van der Waals surface area (Å²) in [6.45, 7) is 1.12. The molecule has 162 valence electrons. The van der Waals surface area contributed by atoms with Gasteiger partial charge in [-0.05, 0) is 62.4 Å². The average molecular weight is 439 g/mol. The van der Waals surface area contributed by atoms with Gasteiger partial charge in [-0.2, -0.15) is 0 Å². The standard InChI is InChI=1S/C23H26N4O3S/c28-23(17-8-7-9-18(16-17)27-14-5-6-15-31(27,29)30)26-13-4-3-12-21(26)22-24-19-10-1-2-11-20(19)25-22/h1-2,7-11,16,21H,3-6,12-15H2,(H,24,25). The molecule has 7 nitrogen and oxygen atoms in total. The maximum atomic E-state index is 13.5. The Kier molecular flexibility index (Phi) is 5.17. The van der Waals surface area contributed by atoms with Crippen LogP contribution >= 0.6 is 0 Å². The van der Waals surface area contributed by atoms with Gasteiger partial charge in [-0.1, -0.05) is 18.2 Å². The molecule has 1 N–H and O–H groups in total. The van der Waals surface area contributed by atoms with E-state index in [2.05, 4.69) is 4.98 Å². The average Bonchev–Trinajstić information content (AvgIpc) is 3.22. The van der Waals surface area contributed by atoms with Crippen LogP contribution in [0.3, 0.4) is 0 Å². The number of likely N-dealkylation sites (tertiary alicyclic amines) is 1. The Morgan fingerprint density at radius 2 is 1.84 bits per heavy atom. The van der Waals surface area contributed by atoms with E-state index in [1.54, 1.807) is 24.3 Å². The Balaban J connectivity index is 1.45. The molecule has 0 spiro atoms.